The summed E-state index contributed by atoms with van der Waals surface area (Å²) in [6.07, 6.45) is 3.32. The van der Waals surface area contributed by atoms with E-state index in [2.05, 4.69) is 10.4 Å². The summed E-state index contributed by atoms with van der Waals surface area (Å²) in [4.78, 5) is 23.4. The molecule has 2 heterocycles. The van der Waals surface area contributed by atoms with Crippen molar-refractivity contribution in [2.45, 2.75) is 33.0 Å². The molecule has 0 unspecified atom stereocenters. The highest BCUT2D eigenvalue weighted by Crippen LogP contribution is 2.01. The number of hydrogen-bond donors (Lipinski definition) is 1. The van der Waals surface area contributed by atoms with Crippen molar-refractivity contribution in [3.63, 3.8) is 0 Å². The molecule has 0 amide bonds. The summed E-state index contributed by atoms with van der Waals surface area (Å²) < 4.78 is 2.90. The highest BCUT2D eigenvalue weighted by atomic mass is 16.1. The topological polar surface area (TPSA) is 68.9 Å². The Morgan fingerprint density at radius 3 is 2.65 bits per heavy atom. The van der Waals surface area contributed by atoms with Crippen molar-refractivity contribution in [1.29, 1.82) is 0 Å². The van der Waals surface area contributed by atoms with E-state index in [0.29, 0.717) is 18.8 Å². The molecule has 0 fully saturated rings. The van der Waals surface area contributed by atoms with Crippen molar-refractivity contribution in [1.82, 2.24) is 14.3 Å². The lowest BCUT2D eigenvalue weighted by molar-refractivity contribution is 0.502. The predicted molar refractivity (Wildman–Crippen MR) is 78.0 cm³/mol. The maximum atomic E-state index is 11.9. The molecule has 6 heteroatoms. The van der Waals surface area contributed by atoms with Crippen LogP contribution in [0.2, 0.25) is 0 Å². The molecule has 0 saturated heterocycles. The molecule has 0 aliphatic heterocycles. The summed E-state index contributed by atoms with van der Waals surface area (Å²) in [6.45, 7) is 4.77. The molecule has 2 aromatic rings. The van der Waals surface area contributed by atoms with Gasteiger partial charge >= 0.3 is 0 Å². The quantitative estimate of drug-likeness (QED) is 0.880. The van der Waals surface area contributed by atoms with Gasteiger partial charge < -0.3 is 9.88 Å². The van der Waals surface area contributed by atoms with Gasteiger partial charge in [-0.05, 0) is 19.9 Å². The van der Waals surface area contributed by atoms with Gasteiger partial charge in [-0.15, -0.1) is 0 Å². The number of aryl methyl sites for hydroxylation is 2. The van der Waals surface area contributed by atoms with Crippen molar-refractivity contribution in [2.24, 2.45) is 0 Å². The molecule has 0 saturated carbocycles. The Morgan fingerprint density at radius 2 is 2.00 bits per heavy atom. The number of rotatable bonds is 5. The van der Waals surface area contributed by atoms with Crippen LogP contribution in [0.3, 0.4) is 0 Å². The van der Waals surface area contributed by atoms with Crippen molar-refractivity contribution >= 4 is 5.69 Å². The predicted octanol–water partition coefficient (Wildman–Crippen LogP) is 0.925. The number of pyridine rings is 1. The van der Waals surface area contributed by atoms with E-state index >= 15 is 0 Å². The first-order chi connectivity index (χ1) is 9.56. The Balaban J connectivity index is 2.09. The number of hydrogen-bond acceptors (Lipinski definition) is 4. The molecule has 0 radical (unpaired) electrons. The maximum absolute atomic E-state index is 11.9. The fraction of sp³-hybridized carbons (Fsp3) is 0.357. The third-order valence-electron chi connectivity index (χ3n) is 2.78. The normalized spacial score (nSPS) is 10.8. The Labute approximate surface area is 116 Å². The zero-order valence-corrected chi connectivity index (χ0v) is 11.6. The molecular formula is C14H18N4O2. The van der Waals surface area contributed by atoms with Gasteiger partial charge in [0.2, 0.25) is 0 Å². The molecule has 2 aromatic heterocycles. The lowest BCUT2D eigenvalue weighted by Gasteiger charge is -2.11. The van der Waals surface area contributed by atoms with E-state index in [0.717, 1.165) is 0 Å². The summed E-state index contributed by atoms with van der Waals surface area (Å²) in [6, 6.07) is 6.73. The molecule has 106 valence electrons. The largest absolute Gasteiger partial charge is 0.381 e. The third-order valence-corrected chi connectivity index (χ3v) is 2.78. The standard InChI is InChI=1S/C14H18N4O2/c1-11(2)16-12-9-14(20)18(15-10-12)8-7-17-6-4-3-5-13(17)19/h3-6,9-11,16H,7-8H2,1-2H3. The van der Waals surface area contributed by atoms with Gasteiger partial charge in [0.25, 0.3) is 11.1 Å². The zero-order valence-electron chi connectivity index (χ0n) is 11.6. The third kappa shape index (κ3) is 3.57. The molecule has 2 rings (SSSR count). The van der Waals surface area contributed by atoms with Gasteiger partial charge in [0.05, 0.1) is 18.4 Å². The lowest BCUT2D eigenvalue weighted by Crippen LogP contribution is -2.28. The summed E-state index contributed by atoms with van der Waals surface area (Å²) in [5, 5.41) is 7.23. The molecule has 0 bridgehead atoms. The van der Waals surface area contributed by atoms with Gasteiger partial charge in [-0.1, -0.05) is 6.07 Å². The van der Waals surface area contributed by atoms with E-state index in [1.807, 2.05) is 13.8 Å². The molecule has 0 spiro atoms. The van der Waals surface area contributed by atoms with E-state index in [9.17, 15) is 9.59 Å². The van der Waals surface area contributed by atoms with Gasteiger partial charge in [0.1, 0.15) is 0 Å². The second kappa shape index (κ2) is 6.18. The van der Waals surface area contributed by atoms with E-state index < -0.39 is 0 Å². The van der Waals surface area contributed by atoms with Gasteiger partial charge in [-0.25, -0.2) is 4.68 Å². The van der Waals surface area contributed by atoms with Crippen LogP contribution in [0, 0.1) is 0 Å². The van der Waals surface area contributed by atoms with Crippen LogP contribution >= 0.6 is 0 Å². The van der Waals surface area contributed by atoms with Crippen molar-refractivity contribution in [3.8, 4) is 0 Å². The Kier molecular flexibility index (Phi) is 4.34. The molecule has 6 nitrogen and oxygen atoms in total. The minimum atomic E-state index is -0.181. The van der Waals surface area contributed by atoms with Crippen molar-refractivity contribution < 1.29 is 0 Å². The first kappa shape index (κ1) is 14.0. The molecule has 20 heavy (non-hydrogen) atoms. The minimum Gasteiger partial charge on any atom is -0.381 e. The van der Waals surface area contributed by atoms with E-state index in [-0.39, 0.29) is 17.2 Å². The second-order valence-electron chi connectivity index (χ2n) is 4.84. The Hall–Kier alpha value is -2.37. The summed E-state index contributed by atoms with van der Waals surface area (Å²) in [5.41, 5.74) is 0.441. The molecular weight excluding hydrogens is 256 g/mol. The van der Waals surface area contributed by atoms with Crippen LogP contribution in [0.15, 0.2) is 46.2 Å². The van der Waals surface area contributed by atoms with Crippen LogP contribution in [-0.2, 0) is 13.1 Å². The number of anilines is 1. The van der Waals surface area contributed by atoms with E-state index in [4.69, 9.17) is 0 Å². The second-order valence-corrected chi connectivity index (χ2v) is 4.84. The molecule has 0 aliphatic carbocycles. The number of nitrogens with zero attached hydrogens (tertiary/aromatic N) is 3. The van der Waals surface area contributed by atoms with Crippen LogP contribution in [0.25, 0.3) is 0 Å². The summed E-state index contributed by atoms with van der Waals surface area (Å²) in [5.74, 6) is 0. The summed E-state index contributed by atoms with van der Waals surface area (Å²) in [7, 11) is 0. The first-order valence-electron chi connectivity index (χ1n) is 6.55. The Bertz CT molecular complexity index is 688. The minimum absolute atomic E-state index is 0.0846. The molecule has 0 aromatic carbocycles. The van der Waals surface area contributed by atoms with Crippen LogP contribution < -0.4 is 16.4 Å². The number of nitrogens with one attached hydrogen (secondary N) is 1. The van der Waals surface area contributed by atoms with Gasteiger partial charge in [-0.2, -0.15) is 5.10 Å². The van der Waals surface area contributed by atoms with E-state index in [1.165, 1.54) is 16.8 Å². The molecule has 0 aliphatic rings. The van der Waals surface area contributed by atoms with Crippen molar-refractivity contribution in [3.05, 3.63) is 57.4 Å². The van der Waals surface area contributed by atoms with Crippen LogP contribution in [0.5, 0.6) is 0 Å². The van der Waals surface area contributed by atoms with Gasteiger partial charge in [0.15, 0.2) is 0 Å². The fourth-order valence-electron chi connectivity index (χ4n) is 1.86. The fourth-order valence-corrected chi connectivity index (χ4v) is 1.86. The van der Waals surface area contributed by atoms with Crippen LogP contribution in [-0.4, -0.2) is 20.4 Å². The highest BCUT2D eigenvalue weighted by Gasteiger charge is 2.02. The zero-order chi connectivity index (χ0) is 14.5. The SMILES string of the molecule is CC(C)Nc1cnn(CCn2ccccc2=O)c(=O)c1. The van der Waals surface area contributed by atoms with Crippen LogP contribution in [0.1, 0.15) is 13.8 Å². The smallest absolute Gasteiger partial charge is 0.268 e. The maximum Gasteiger partial charge on any atom is 0.268 e. The van der Waals surface area contributed by atoms with Gasteiger partial charge in [-0.3, -0.25) is 9.59 Å². The molecule has 0 atom stereocenters. The number of aromatic nitrogens is 3. The average molecular weight is 274 g/mol. The lowest BCUT2D eigenvalue weighted by atomic mass is 10.3. The van der Waals surface area contributed by atoms with Crippen LogP contribution in [0.4, 0.5) is 5.69 Å². The molecule has 1 N–H and O–H groups in total. The average Bonchev–Trinajstić information content (AvgIpc) is 2.39. The highest BCUT2D eigenvalue weighted by molar-refractivity contribution is 5.39. The monoisotopic (exact) mass is 274 g/mol. The van der Waals surface area contributed by atoms with Crippen molar-refractivity contribution in [2.75, 3.05) is 5.32 Å². The van der Waals surface area contributed by atoms with Gasteiger partial charge in [0, 0.05) is 30.9 Å². The summed E-state index contributed by atoms with van der Waals surface area (Å²) >= 11 is 0. The van der Waals surface area contributed by atoms with E-state index in [1.54, 1.807) is 29.1 Å². The first-order valence-corrected chi connectivity index (χ1v) is 6.55. The Morgan fingerprint density at radius 1 is 1.20 bits per heavy atom.